The van der Waals surface area contributed by atoms with Crippen molar-refractivity contribution in [3.8, 4) is 0 Å². The molecule has 1 amide bonds. The summed E-state index contributed by atoms with van der Waals surface area (Å²) in [5.74, 6) is -1.22. The van der Waals surface area contributed by atoms with Gasteiger partial charge in [-0.2, -0.15) is 0 Å². The van der Waals surface area contributed by atoms with Crippen molar-refractivity contribution in [1.29, 1.82) is 0 Å². The zero-order chi connectivity index (χ0) is 27.9. The molecular formula is C25H28N4O7S2. The van der Waals surface area contributed by atoms with E-state index in [2.05, 4.69) is 5.32 Å². The molecule has 0 aliphatic rings. The maximum atomic E-state index is 13.0. The van der Waals surface area contributed by atoms with Crippen molar-refractivity contribution < 1.29 is 26.6 Å². The molecule has 0 unspecified atom stereocenters. The summed E-state index contributed by atoms with van der Waals surface area (Å²) in [5, 5.41) is 14.8. The summed E-state index contributed by atoms with van der Waals surface area (Å²) >= 11 is 0. The van der Waals surface area contributed by atoms with Crippen molar-refractivity contribution in [3.05, 3.63) is 94.5 Å². The lowest BCUT2D eigenvalue weighted by Gasteiger charge is -2.22. The average Bonchev–Trinajstić information content (AvgIpc) is 2.88. The van der Waals surface area contributed by atoms with Gasteiger partial charge >= 0.3 is 0 Å². The Hall–Kier alpha value is -3.81. The molecule has 0 spiro atoms. The Kier molecular flexibility index (Phi) is 9.20. The lowest BCUT2D eigenvalue weighted by atomic mass is 10.2. The standard InChI is InChI=1S/C25H28N4O7S2/c1-28(2)16-15-20(18-37(33,34)21-11-7-4-8-12-21)26-23-14-13-22(17-24(23)29(31)32)38(35,36)27-25(30)19-9-5-3-6-10-19/h3-14,17,20,26H,15-16,18H2,1-2H3,(H,27,30)/t20-/m1/s1. The summed E-state index contributed by atoms with van der Waals surface area (Å²) < 4.78 is 53.5. The summed E-state index contributed by atoms with van der Waals surface area (Å²) in [4.78, 5) is 24.9. The minimum absolute atomic E-state index is 0.0460. The van der Waals surface area contributed by atoms with E-state index in [4.69, 9.17) is 0 Å². The number of nitro benzene ring substituents is 1. The highest BCUT2D eigenvalue weighted by molar-refractivity contribution is 7.91. The number of sulfone groups is 1. The SMILES string of the molecule is CN(C)CC[C@H](CS(=O)(=O)c1ccccc1)Nc1ccc(S(=O)(=O)NC(=O)c2ccccc2)cc1[N+](=O)[O-]. The highest BCUT2D eigenvalue weighted by Crippen LogP contribution is 2.29. The topological polar surface area (TPSA) is 156 Å². The van der Waals surface area contributed by atoms with E-state index >= 15 is 0 Å². The van der Waals surface area contributed by atoms with Gasteiger partial charge in [0.25, 0.3) is 21.6 Å². The molecule has 13 heteroatoms. The van der Waals surface area contributed by atoms with Crippen LogP contribution in [0.2, 0.25) is 0 Å². The minimum Gasteiger partial charge on any atom is -0.376 e. The molecule has 0 radical (unpaired) electrons. The van der Waals surface area contributed by atoms with Crippen LogP contribution in [0.3, 0.4) is 0 Å². The van der Waals surface area contributed by atoms with E-state index < -0.39 is 47.3 Å². The minimum atomic E-state index is -4.43. The predicted octanol–water partition coefficient (Wildman–Crippen LogP) is 2.92. The molecular weight excluding hydrogens is 532 g/mol. The van der Waals surface area contributed by atoms with Gasteiger partial charge in [-0.1, -0.05) is 36.4 Å². The molecule has 3 rings (SSSR count). The van der Waals surface area contributed by atoms with Gasteiger partial charge in [-0.25, -0.2) is 21.6 Å². The average molecular weight is 561 g/mol. The number of benzene rings is 3. The number of carbonyl (C=O) groups is 1. The number of hydrogen-bond donors (Lipinski definition) is 2. The molecule has 0 heterocycles. The molecule has 3 aromatic carbocycles. The number of rotatable bonds is 12. The van der Waals surface area contributed by atoms with Crippen molar-refractivity contribution in [3.63, 3.8) is 0 Å². The van der Waals surface area contributed by atoms with Crippen molar-refractivity contribution in [2.24, 2.45) is 0 Å². The molecule has 0 aliphatic carbocycles. The van der Waals surface area contributed by atoms with Gasteiger partial charge in [0, 0.05) is 17.7 Å². The van der Waals surface area contributed by atoms with E-state index in [1.54, 1.807) is 36.4 Å². The van der Waals surface area contributed by atoms with Gasteiger partial charge in [-0.15, -0.1) is 0 Å². The number of hydrogen-bond acceptors (Lipinski definition) is 9. The molecule has 0 aromatic heterocycles. The normalized spacial score (nSPS) is 12.6. The zero-order valence-electron chi connectivity index (χ0n) is 20.8. The third kappa shape index (κ3) is 7.60. The van der Waals surface area contributed by atoms with E-state index in [0.29, 0.717) is 13.0 Å². The first-order valence-corrected chi connectivity index (χ1v) is 14.6. The fourth-order valence-electron chi connectivity index (χ4n) is 3.60. The van der Waals surface area contributed by atoms with Crippen LogP contribution in [0, 0.1) is 10.1 Å². The Morgan fingerprint density at radius 3 is 2.11 bits per heavy atom. The number of amides is 1. The highest BCUT2D eigenvalue weighted by Gasteiger charge is 2.27. The van der Waals surface area contributed by atoms with Gasteiger partial charge in [0.1, 0.15) is 5.69 Å². The van der Waals surface area contributed by atoms with Gasteiger partial charge < -0.3 is 10.2 Å². The first-order valence-electron chi connectivity index (χ1n) is 11.5. The summed E-state index contributed by atoms with van der Waals surface area (Å²) in [5.41, 5.74) is -0.519. The molecule has 38 heavy (non-hydrogen) atoms. The van der Waals surface area contributed by atoms with E-state index in [1.165, 1.54) is 30.3 Å². The second-order valence-electron chi connectivity index (χ2n) is 8.76. The van der Waals surface area contributed by atoms with Crippen LogP contribution >= 0.6 is 0 Å². The van der Waals surface area contributed by atoms with E-state index in [1.807, 2.05) is 23.7 Å². The summed E-state index contributed by atoms with van der Waals surface area (Å²) in [6.07, 6.45) is 0.337. The summed E-state index contributed by atoms with van der Waals surface area (Å²) in [7, 11) is -4.53. The quantitative estimate of drug-likeness (QED) is 0.251. The van der Waals surface area contributed by atoms with E-state index in [9.17, 15) is 31.7 Å². The number of sulfonamides is 1. The fourth-order valence-corrected chi connectivity index (χ4v) is 6.14. The largest absolute Gasteiger partial charge is 0.376 e. The molecule has 0 saturated carbocycles. The van der Waals surface area contributed by atoms with Crippen LogP contribution in [0.15, 0.2) is 88.7 Å². The summed E-state index contributed by atoms with van der Waals surface area (Å²) in [6.45, 7) is 0.494. The first-order chi connectivity index (χ1) is 17.9. The Bertz CT molecular complexity index is 1500. The van der Waals surface area contributed by atoms with Crippen molar-refractivity contribution in [2.45, 2.75) is 22.3 Å². The highest BCUT2D eigenvalue weighted by atomic mass is 32.2. The van der Waals surface area contributed by atoms with Crippen molar-refractivity contribution >= 4 is 37.1 Å². The molecule has 0 aliphatic heterocycles. The van der Waals surface area contributed by atoms with Gasteiger partial charge in [0.2, 0.25) is 0 Å². The second kappa shape index (κ2) is 12.2. The molecule has 1 atom stereocenters. The van der Waals surface area contributed by atoms with Gasteiger partial charge in [0.15, 0.2) is 9.84 Å². The molecule has 202 valence electrons. The lowest BCUT2D eigenvalue weighted by molar-refractivity contribution is -0.384. The van der Waals surface area contributed by atoms with Gasteiger partial charge in [0.05, 0.1) is 20.5 Å². The van der Waals surface area contributed by atoms with Crippen LogP contribution in [-0.4, -0.2) is 65.0 Å². The lowest BCUT2D eigenvalue weighted by Crippen LogP contribution is -2.33. The second-order valence-corrected chi connectivity index (χ2v) is 12.5. The molecule has 0 bridgehead atoms. The van der Waals surface area contributed by atoms with Crippen LogP contribution in [0.25, 0.3) is 0 Å². The van der Waals surface area contributed by atoms with Crippen LogP contribution < -0.4 is 10.0 Å². The smallest absolute Gasteiger partial charge is 0.293 e. The van der Waals surface area contributed by atoms with Crippen molar-refractivity contribution in [1.82, 2.24) is 9.62 Å². The van der Waals surface area contributed by atoms with Gasteiger partial charge in [-0.05, 0) is 63.5 Å². The Labute approximate surface area is 221 Å². The monoisotopic (exact) mass is 560 g/mol. The third-order valence-electron chi connectivity index (χ3n) is 5.55. The molecule has 0 fully saturated rings. The fraction of sp³-hybridized carbons (Fsp3) is 0.240. The summed E-state index contributed by atoms with van der Waals surface area (Å²) in [6, 6.07) is 17.9. The Morgan fingerprint density at radius 2 is 1.53 bits per heavy atom. The van der Waals surface area contributed by atoms with Crippen LogP contribution in [0.1, 0.15) is 16.8 Å². The zero-order valence-corrected chi connectivity index (χ0v) is 22.4. The first kappa shape index (κ1) is 28.8. The van der Waals surface area contributed by atoms with E-state index in [-0.39, 0.29) is 21.9 Å². The maximum Gasteiger partial charge on any atom is 0.293 e. The number of nitrogens with zero attached hydrogens (tertiary/aromatic N) is 2. The van der Waals surface area contributed by atoms with Crippen LogP contribution in [-0.2, 0) is 19.9 Å². The van der Waals surface area contributed by atoms with Crippen molar-refractivity contribution in [2.75, 3.05) is 31.7 Å². The third-order valence-corrected chi connectivity index (χ3v) is 8.71. The molecule has 11 nitrogen and oxygen atoms in total. The Balaban J connectivity index is 1.89. The molecule has 3 aromatic rings. The Morgan fingerprint density at radius 1 is 0.921 bits per heavy atom. The number of nitro groups is 1. The molecule has 0 saturated heterocycles. The number of nitrogens with one attached hydrogen (secondary N) is 2. The molecule has 2 N–H and O–H groups in total. The predicted molar refractivity (Wildman–Crippen MR) is 143 cm³/mol. The van der Waals surface area contributed by atoms with Crippen LogP contribution in [0.4, 0.5) is 11.4 Å². The number of carbonyl (C=O) groups excluding carboxylic acids is 1. The number of anilines is 1. The van der Waals surface area contributed by atoms with Crippen LogP contribution in [0.5, 0.6) is 0 Å². The van der Waals surface area contributed by atoms with E-state index in [0.717, 1.165) is 12.1 Å². The van der Waals surface area contributed by atoms with Gasteiger partial charge in [-0.3, -0.25) is 14.9 Å². The maximum absolute atomic E-state index is 13.0.